The summed E-state index contributed by atoms with van der Waals surface area (Å²) in [7, 11) is 0. The zero-order valence-corrected chi connectivity index (χ0v) is 11.8. The molecule has 2 heteroatoms. The molecule has 0 spiro atoms. The van der Waals surface area contributed by atoms with Gasteiger partial charge in [0.25, 0.3) is 0 Å². The van der Waals surface area contributed by atoms with Gasteiger partial charge in [0, 0.05) is 12.3 Å². The molecule has 0 radical (unpaired) electrons. The summed E-state index contributed by atoms with van der Waals surface area (Å²) in [6.45, 7) is 2.24. The van der Waals surface area contributed by atoms with Gasteiger partial charge in [0.15, 0.2) is 0 Å². The Hall–Kier alpha value is -1.31. The molecule has 1 saturated carbocycles. The highest BCUT2D eigenvalue weighted by Crippen LogP contribution is 2.32. The van der Waals surface area contributed by atoms with Gasteiger partial charge in [0.1, 0.15) is 11.5 Å². The standard InChI is InChI=1S/C17H24O2/c1-2-3-13-4-8-15(9-5-13)17(19)12-14-6-10-16(18)11-7-14/h6-7,10-11,13,15,18H,2-5,8-9,12H2,1H3. The quantitative estimate of drug-likeness (QED) is 0.865. The molecule has 0 bridgehead atoms. The first-order valence-electron chi connectivity index (χ1n) is 7.49. The molecule has 1 aliphatic carbocycles. The summed E-state index contributed by atoms with van der Waals surface area (Å²) in [5.74, 6) is 1.75. The molecule has 2 nitrogen and oxygen atoms in total. The summed E-state index contributed by atoms with van der Waals surface area (Å²) in [5, 5.41) is 9.23. The SMILES string of the molecule is CCCC1CCC(C(=O)Cc2ccc(O)cc2)CC1. The molecule has 1 N–H and O–H groups in total. The van der Waals surface area contributed by atoms with E-state index in [0.29, 0.717) is 12.2 Å². The van der Waals surface area contributed by atoms with Gasteiger partial charge in [0.2, 0.25) is 0 Å². The largest absolute Gasteiger partial charge is 0.508 e. The first-order valence-corrected chi connectivity index (χ1v) is 7.49. The van der Waals surface area contributed by atoms with Gasteiger partial charge >= 0.3 is 0 Å². The summed E-state index contributed by atoms with van der Waals surface area (Å²) in [5.41, 5.74) is 1.01. The van der Waals surface area contributed by atoms with Gasteiger partial charge in [-0.05, 0) is 49.3 Å². The number of carbonyl (C=O) groups is 1. The maximum absolute atomic E-state index is 12.3. The third-order valence-electron chi connectivity index (χ3n) is 4.31. The lowest BCUT2D eigenvalue weighted by atomic mass is 9.77. The Balaban J connectivity index is 1.83. The summed E-state index contributed by atoms with van der Waals surface area (Å²) in [6.07, 6.45) is 7.68. The highest BCUT2D eigenvalue weighted by Gasteiger charge is 2.25. The third kappa shape index (κ3) is 4.09. The topological polar surface area (TPSA) is 37.3 Å². The molecule has 1 aromatic carbocycles. The summed E-state index contributed by atoms with van der Waals surface area (Å²) >= 11 is 0. The van der Waals surface area contributed by atoms with E-state index < -0.39 is 0 Å². The maximum Gasteiger partial charge on any atom is 0.140 e. The molecular formula is C17H24O2. The maximum atomic E-state index is 12.3. The van der Waals surface area contributed by atoms with Crippen LogP contribution < -0.4 is 0 Å². The number of Topliss-reactive ketones (excluding diaryl/α,β-unsaturated/α-hetero) is 1. The van der Waals surface area contributed by atoms with E-state index in [1.165, 1.54) is 25.7 Å². The van der Waals surface area contributed by atoms with Gasteiger partial charge < -0.3 is 5.11 Å². The lowest BCUT2D eigenvalue weighted by Gasteiger charge is -2.27. The van der Waals surface area contributed by atoms with E-state index in [9.17, 15) is 9.90 Å². The Morgan fingerprint density at radius 1 is 1.16 bits per heavy atom. The van der Waals surface area contributed by atoms with Crippen molar-refractivity contribution in [3.8, 4) is 5.75 Å². The van der Waals surface area contributed by atoms with E-state index in [0.717, 1.165) is 24.3 Å². The Morgan fingerprint density at radius 3 is 2.37 bits per heavy atom. The number of ketones is 1. The number of benzene rings is 1. The van der Waals surface area contributed by atoms with Crippen molar-refractivity contribution in [2.45, 2.75) is 51.9 Å². The molecule has 0 amide bonds. The van der Waals surface area contributed by atoms with E-state index in [-0.39, 0.29) is 11.7 Å². The molecule has 0 saturated heterocycles. The highest BCUT2D eigenvalue weighted by atomic mass is 16.3. The van der Waals surface area contributed by atoms with Crippen LogP contribution in [0.1, 0.15) is 51.0 Å². The van der Waals surface area contributed by atoms with Crippen molar-refractivity contribution in [3.63, 3.8) is 0 Å². The lowest BCUT2D eigenvalue weighted by molar-refractivity contribution is -0.123. The number of hydrogen-bond donors (Lipinski definition) is 1. The van der Waals surface area contributed by atoms with Crippen molar-refractivity contribution in [3.05, 3.63) is 29.8 Å². The third-order valence-corrected chi connectivity index (χ3v) is 4.31. The smallest absolute Gasteiger partial charge is 0.140 e. The fourth-order valence-electron chi connectivity index (χ4n) is 3.14. The molecule has 1 aromatic rings. The van der Waals surface area contributed by atoms with E-state index in [1.54, 1.807) is 12.1 Å². The van der Waals surface area contributed by atoms with Crippen LogP contribution in [-0.4, -0.2) is 10.9 Å². The fourth-order valence-corrected chi connectivity index (χ4v) is 3.14. The van der Waals surface area contributed by atoms with Crippen molar-refractivity contribution in [2.75, 3.05) is 0 Å². The number of aromatic hydroxyl groups is 1. The minimum absolute atomic E-state index is 0.260. The second-order valence-corrected chi connectivity index (χ2v) is 5.82. The molecule has 1 fully saturated rings. The van der Waals surface area contributed by atoms with Crippen molar-refractivity contribution in [1.82, 2.24) is 0 Å². The van der Waals surface area contributed by atoms with Gasteiger partial charge in [-0.1, -0.05) is 31.9 Å². The van der Waals surface area contributed by atoms with Crippen LogP contribution in [0.2, 0.25) is 0 Å². The first-order chi connectivity index (χ1) is 9.19. The van der Waals surface area contributed by atoms with E-state index in [2.05, 4.69) is 6.92 Å². The molecule has 0 atom stereocenters. The molecule has 19 heavy (non-hydrogen) atoms. The Morgan fingerprint density at radius 2 is 1.79 bits per heavy atom. The fraction of sp³-hybridized carbons (Fsp3) is 0.588. The molecule has 104 valence electrons. The normalized spacial score (nSPS) is 23.2. The van der Waals surface area contributed by atoms with Crippen molar-refractivity contribution in [2.24, 2.45) is 11.8 Å². The van der Waals surface area contributed by atoms with E-state index in [1.807, 2.05) is 12.1 Å². The van der Waals surface area contributed by atoms with E-state index in [4.69, 9.17) is 0 Å². The number of rotatable bonds is 5. The molecule has 2 rings (SSSR count). The first kappa shape index (κ1) is 14.1. The monoisotopic (exact) mass is 260 g/mol. The van der Waals surface area contributed by atoms with Crippen molar-refractivity contribution >= 4 is 5.78 Å². The van der Waals surface area contributed by atoms with Gasteiger partial charge in [-0.15, -0.1) is 0 Å². The van der Waals surface area contributed by atoms with Gasteiger partial charge in [-0.25, -0.2) is 0 Å². The van der Waals surface area contributed by atoms with Crippen LogP contribution >= 0.6 is 0 Å². The zero-order chi connectivity index (χ0) is 13.7. The lowest BCUT2D eigenvalue weighted by Crippen LogP contribution is -2.23. The minimum Gasteiger partial charge on any atom is -0.508 e. The van der Waals surface area contributed by atoms with Gasteiger partial charge in [0.05, 0.1) is 0 Å². The minimum atomic E-state index is 0.260. The molecule has 0 heterocycles. The van der Waals surface area contributed by atoms with Crippen LogP contribution in [0.5, 0.6) is 5.75 Å². The second kappa shape index (κ2) is 6.74. The summed E-state index contributed by atoms with van der Waals surface area (Å²) < 4.78 is 0. The van der Waals surface area contributed by atoms with Crippen LogP contribution in [0, 0.1) is 11.8 Å². The predicted molar refractivity (Wildman–Crippen MR) is 77.2 cm³/mol. The number of carbonyl (C=O) groups excluding carboxylic acids is 1. The molecular weight excluding hydrogens is 236 g/mol. The summed E-state index contributed by atoms with van der Waals surface area (Å²) in [6, 6.07) is 6.99. The van der Waals surface area contributed by atoms with Gasteiger partial charge in [-0.2, -0.15) is 0 Å². The molecule has 0 aliphatic heterocycles. The molecule has 0 aromatic heterocycles. The van der Waals surface area contributed by atoms with Crippen molar-refractivity contribution < 1.29 is 9.90 Å². The van der Waals surface area contributed by atoms with Crippen LogP contribution in [-0.2, 0) is 11.2 Å². The second-order valence-electron chi connectivity index (χ2n) is 5.82. The zero-order valence-electron chi connectivity index (χ0n) is 11.8. The van der Waals surface area contributed by atoms with Crippen LogP contribution in [0.3, 0.4) is 0 Å². The number of hydrogen-bond acceptors (Lipinski definition) is 2. The average Bonchev–Trinajstić information content (AvgIpc) is 2.42. The molecule has 1 aliphatic rings. The Kier molecular flexibility index (Phi) is 5.00. The predicted octanol–water partition coefficient (Wildman–Crippen LogP) is 4.11. The molecule has 0 unspecified atom stereocenters. The van der Waals surface area contributed by atoms with Crippen LogP contribution in [0.25, 0.3) is 0 Å². The number of phenolic OH excluding ortho intramolecular Hbond substituents is 1. The van der Waals surface area contributed by atoms with Crippen LogP contribution in [0.15, 0.2) is 24.3 Å². The van der Waals surface area contributed by atoms with E-state index >= 15 is 0 Å². The Labute approximate surface area is 115 Å². The Bertz CT molecular complexity index is 400. The van der Waals surface area contributed by atoms with Crippen LogP contribution in [0.4, 0.5) is 0 Å². The highest BCUT2D eigenvalue weighted by molar-refractivity contribution is 5.83. The van der Waals surface area contributed by atoms with Gasteiger partial charge in [-0.3, -0.25) is 4.79 Å². The number of phenols is 1. The average molecular weight is 260 g/mol. The summed E-state index contributed by atoms with van der Waals surface area (Å²) in [4.78, 5) is 12.3. The van der Waals surface area contributed by atoms with Crippen molar-refractivity contribution in [1.29, 1.82) is 0 Å².